The normalized spacial score (nSPS) is 10.3. The second-order valence-electron chi connectivity index (χ2n) is 3.84. The number of methoxy groups -OCH3 is 1. The third kappa shape index (κ3) is 3.18. The minimum Gasteiger partial charge on any atom is -0.468 e. The summed E-state index contributed by atoms with van der Waals surface area (Å²) in [7, 11) is 1.23. The number of halogens is 1. The summed E-state index contributed by atoms with van der Waals surface area (Å²) in [5, 5.41) is 6.74. The first-order chi connectivity index (χ1) is 9.61. The Morgan fingerprint density at radius 3 is 3.05 bits per heavy atom. The second kappa shape index (κ2) is 6.25. The first-order valence-electron chi connectivity index (χ1n) is 5.70. The SMILES string of the molecule is COC(=O)Cn1ncc(NCc2ccco2)c(Cl)c1=O. The molecule has 0 saturated heterocycles. The lowest BCUT2D eigenvalue weighted by Gasteiger charge is -2.08. The number of nitrogens with zero attached hydrogens (tertiary/aromatic N) is 2. The lowest BCUT2D eigenvalue weighted by Crippen LogP contribution is -2.28. The molecule has 106 valence electrons. The van der Waals surface area contributed by atoms with Gasteiger partial charge in [-0.25, -0.2) is 4.68 Å². The quantitative estimate of drug-likeness (QED) is 0.837. The van der Waals surface area contributed by atoms with Crippen LogP contribution in [0.15, 0.2) is 33.8 Å². The van der Waals surface area contributed by atoms with Crippen LogP contribution in [-0.2, 0) is 22.6 Å². The van der Waals surface area contributed by atoms with Gasteiger partial charge >= 0.3 is 5.97 Å². The Morgan fingerprint density at radius 2 is 2.40 bits per heavy atom. The van der Waals surface area contributed by atoms with Crippen molar-refractivity contribution in [1.29, 1.82) is 0 Å². The summed E-state index contributed by atoms with van der Waals surface area (Å²) >= 11 is 5.95. The molecule has 0 spiro atoms. The molecule has 0 aliphatic heterocycles. The molecule has 0 amide bonds. The molecule has 0 aliphatic carbocycles. The van der Waals surface area contributed by atoms with E-state index < -0.39 is 11.5 Å². The highest BCUT2D eigenvalue weighted by Crippen LogP contribution is 2.16. The standard InChI is InChI=1S/C12H12ClN3O4/c1-19-10(17)7-16-12(18)11(13)9(6-15-16)14-5-8-3-2-4-20-8/h2-4,6,14H,5,7H2,1H3. The Hall–Kier alpha value is -2.28. The fourth-order valence-electron chi connectivity index (χ4n) is 1.48. The Bertz CT molecular complexity index is 651. The molecule has 8 heteroatoms. The van der Waals surface area contributed by atoms with Gasteiger partial charge in [0, 0.05) is 0 Å². The van der Waals surface area contributed by atoms with Crippen LogP contribution in [0, 0.1) is 0 Å². The third-order valence-corrected chi connectivity index (χ3v) is 2.89. The van der Waals surface area contributed by atoms with Gasteiger partial charge in [-0.1, -0.05) is 11.6 Å². The number of hydrogen-bond donors (Lipinski definition) is 1. The minimum atomic E-state index is -0.577. The fourth-order valence-corrected chi connectivity index (χ4v) is 1.70. The van der Waals surface area contributed by atoms with Crippen molar-refractivity contribution in [1.82, 2.24) is 9.78 Å². The summed E-state index contributed by atoms with van der Waals surface area (Å²) < 4.78 is 10.5. The lowest BCUT2D eigenvalue weighted by atomic mass is 10.4. The average molecular weight is 298 g/mol. The van der Waals surface area contributed by atoms with Crippen molar-refractivity contribution in [2.45, 2.75) is 13.1 Å². The third-order valence-electron chi connectivity index (χ3n) is 2.52. The van der Waals surface area contributed by atoms with Crippen molar-refractivity contribution < 1.29 is 13.9 Å². The number of esters is 1. The van der Waals surface area contributed by atoms with Crippen molar-refractivity contribution >= 4 is 23.3 Å². The van der Waals surface area contributed by atoms with E-state index in [4.69, 9.17) is 16.0 Å². The van der Waals surface area contributed by atoms with Gasteiger partial charge in [-0.3, -0.25) is 9.59 Å². The van der Waals surface area contributed by atoms with Crippen LogP contribution in [0.2, 0.25) is 5.02 Å². The monoisotopic (exact) mass is 297 g/mol. The van der Waals surface area contributed by atoms with E-state index in [1.54, 1.807) is 18.4 Å². The number of carbonyl (C=O) groups excluding carboxylic acids is 1. The highest BCUT2D eigenvalue weighted by Gasteiger charge is 2.12. The molecule has 0 bridgehead atoms. The summed E-state index contributed by atoms with van der Waals surface area (Å²) in [6.07, 6.45) is 2.92. The summed E-state index contributed by atoms with van der Waals surface area (Å²) in [6.45, 7) is 0.0857. The number of anilines is 1. The second-order valence-corrected chi connectivity index (χ2v) is 4.22. The lowest BCUT2D eigenvalue weighted by molar-refractivity contribution is -0.141. The Labute approximate surface area is 119 Å². The molecule has 0 atom stereocenters. The smallest absolute Gasteiger partial charge is 0.327 e. The van der Waals surface area contributed by atoms with Crippen molar-refractivity contribution in [2.75, 3.05) is 12.4 Å². The molecule has 2 aromatic rings. The van der Waals surface area contributed by atoms with Crippen molar-refractivity contribution in [3.63, 3.8) is 0 Å². The molecule has 0 saturated carbocycles. The van der Waals surface area contributed by atoms with Crippen LogP contribution in [-0.4, -0.2) is 22.9 Å². The van der Waals surface area contributed by atoms with Gasteiger partial charge in [0.2, 0.25) is 0 Å². The number of nitrogens with one attached hydrogen (secondary N) is 1. The largest absolute Gasteiger partial charge is 0.468 e. The van der Waals surface area contributed by atoms with Gasteiger partial charge in [0.15, 0.2) is 0 Å². The van der Waals surface area contributed by atoms with Gasteiger partial charge < -0.3 is 14.5 Å². The predicted octanol–water partition coefficient (Wildman–Crippen LogP) is 1.27. The number of furan rings is 1. The van der Waals surface area contributed by atoms with E-state index in [1.807, 2.05) is 0 Å². The molecule has 0 radical (unpaired) electrons. The maximum Gasteiger partial charge on any atom is 0.327 e. The van der Waals surface area contributed by atoms with Gasteiger partial charge in [0.1, 0.15) is 17.3 Å². The first kappa shape index (κ1) is 14.1. The number of carbonyl (C=O) groups is 1. The molecule has 0 aromatic carbocycles. The molecule has 0 fully saturated rings. The zero-order valence-corrected chi connectivity index (χ0v) is 11.4. The van der Waals surface area contributed by atoms with Crippen LogP contribution in [0.4, 0.5) is 5.69 Å². The minimum absolute atomic E-state index is 0.0459. The van der Waals surface area contributed by atoms with Crippen molar-refractivity contribution in [2.24, 2.45) is 0 Å². The van der Waals surface area contributed by atoms with Gasteiger partial charge in [0.05, 0.1) is 31.8 Å². The van der Waals surface area contributed by atoms with Gasteiger partial charge in [0.25, 0.3) is 5.56 Å². The van der Waals surface area contributed by atoms with Crippen LogP contribution in [0.5, 0.6) is 0 Å². The highest BCUT2D eigenvalue weighted by molar-refractivity contribution is 6.32. The molecule has 2 aromatic heterocycles. The van der Waals surface area contributed by atoms with E-state index in [0.29, 0.717) is 18.0 Å². The number of hydrogen-bond acceptors (Lipinski definition) is 6. The Morgan fingerprint density at radius 1 is 1.60 bits per heavy atom. The predicted molar refractivity (Wildman–Crippen MR) is 71.6 cm³/mol. The average Bonchev–Trinajstić information content (AvgIpc) is 2.96. The van der Waals surface area contributed by atoms with E-state index in [2.05, 4.69) is 15.2 Å². The number of aromatic nitrogens is 2. The highest BCUT2D eigenvalue weighted by atomic mass is 35.5. The molecule has 7 nitrogen and oxygen atoms in total. The maximum atomic E-state index is 11.9. The van der Waals surface area contributed by atoms with Crippen molar-refractivity contribution in [3.05, 3.63) is 45.7 Å². The summed E-state index contributed by atoms with van der Waals surface area (Å²) in [5.74, 6) is 0.117. The fraction of sp³-hybridized carbons (Fsp3) is 0.250. The van der Waals surface area contributed by atoms with Crippen LogP contribution in [0.25, 0.3) is 0 Å². The van der Waals surface area contributed by atoms with Crippen LogP contribution >= 0.6 is 11.6 Å². The van der Waals surface area contributed by atoms with Gasteiger partial charge in [-0.05, 0) is 12.1 Å². The van der Waals surface area contributed by atoms with Crippen LogP contribution in [0.1, 0.15) is 5.76 Å². The molecule has 20 heavy (non-hydrogen) atoms. The summed E-state index contributed by atoms with van der Waals surface area (Å²) in [4.78, 5) is 23.0. The van der Waals surface area contributed by atoms with Gasteiger partial charge in [-0.2, -0.15) is 5.10 Å². The molecular formula is C12H12ClN3O4. The summed E-state index contributed by atoms with van der Waals surface area (Å²) in [5.41, 5.74) is -0.198. The summed E-state index contributed by atoms with van der Waals surface area (Å²) in [6, 6.07) is 3.54. The topological polar surface area (TPSA) is 86.4 Å². The molecular weight excluding hydrogens is 286 g/mol. The maximum absolute atomic E-state index is 11.9. The van der Waals surface area contributed by atoms with Crippen LogP contribution in [0.3, 0.4) is 0 Å². The van der Waals surface area contributed by atoms with E-state index in [-0.39, 0.29) is 11.6 Å². The molecule has 2 rings (SSSR count). The van der Waals surface area contributed by atoms with Gasteiger partial charge in [-0.15, -0.1) is 0 Å². The van der Waals surface area contributed by atoms with E-state index in [9.17, 15) is 9.59 Å². The molecule has 1 N–H and O–H groups in total. The van der Waals surface area contributed by atoms with Crippen molar-refractivity contribution in [3.8, 4) is 0 Å². The first-order valence-corrected chi connectivity index (χ1v) is 6.08. The molecule has 2 heterocycles. The number of ether oxygens (including phenoxy) is 1. The zero-order chi connectivity index (χ0) is 14.5. The van der Waals surface area contributed by atoms with E-state index >= 15 is 0 Å². The Balaban J connectivity index is 2.14. The van der Waals surface area contributed by atoms with E-state index in [0.717, 1.165) is 4.68 Å². The number of rotatable bonds is 5. The van der Waals surface area contributed by atoms with Crippen LogP contribution < -0.4 is 10.9 Å². The Kier molecular flexibility index (Phi) is 4.41. The zero-order valence-electron chi connectivity index (χ0n) is 10.6. The molecule has 0 unspecified atom stereocenters. The molecule has 0 aliphatic rings. The van der Waals surface area contributed by atoms with E-state index in [1.165, 1.54) is 13.3 Å².